The molecule has 0 bridgehead atoms. The van der Waals surface area contributed by atoms with Crippen LogP contribution in [-0.2, 0) is 23.0 Å². The van der Waals surface area contributed by atoms with Gasteiger partial charge in [0.2, 0.25) is 10.0 Å². The maximum absolute atomic E-state index is 13.2. The monoisotopic (exact) mass is 406 g/mol. The predicted octanol–water partition coefficient (Wildman–Crippen LogP) is 3.47. The summed E-state index contributed by atoms with van der Waals surface area (Å²) in [6.07, 6.45) is 0.654. The molecule has 5 nitrogen and oxygen atoms in total. The van der Waals surface area contributed by atoms with E-state index in [4.69, 9.17) is 11.6 Å². The number of amides is 1. The minimum Gasteiger partial charge on any atom is -0.352 e. The molecule has 1 heterocycles. The highest BCUT2D eigenvalue weighted by atomic mass is 35.5. The van der Waals surface area contributed by atoms with Gasteiger partial charge in [-0.15, -0.1) is 0 Å². The molecular weight excluding hydrogens is 384 g/mol. The summed E-state index contributed by atoms with van der Waals surface area (Å²) < 4.78 is 27.8. The molecule has 0 aliphatic carbocycles. The second kappa shape index (κ2) is 8.00. The van der Waals surface area contributed by atoms with Gasteiger partial charge >= 0.3 is 0 Å². The molecule has 0 unspecified atom stereocenters. The number of carbonyl (C=O) groups excluding carboxylic acids is 1. The van der Waals surface area contributed by atoms with Crippen molar-refractivity contribution in [3.05, 3.63) is 64.2 Å². The standard InChI is InChI=1S/C20H23ClN2O3S/c1-14(2)12-22-20(24)16-7-8-18(21)19(11-16)27(25,26)23-10-9-15-5-3-4-6-17(15)13-23/h3-8,11,14H,9-10,12-13H2,1-2H3,(H,22,24). The summed E-state index contributed by atoms with van der Waals surface area (Å²) in [6, 6.07) is 12.2. The van der Waals surface area contributed by atoms with E-state index in [1.807, 2.05) is 38.1 Å². The zero-order chi connectivity index (χ0) is 19.6. The fraction of sp³-hybridized carbons (Fsp3) is 0.350. The van der Waals surface area contributed by atoms with E-state index in [9.17, 15) is 13.2 Å². The van der Waals surface area contributed by atoms with Crippen molar-refractivity contribution in [2.45, 2.75) is 31.7 Å². The van der Waals surface area contributed by atoms with Crippen molar-refractivity contribution in [3.8, 4) is 0 Å². The zero-order valence-corrected chi connectivity index (χ0v) is 17.0. The topological polar surface area (TPSA) is 66.5 Å². The molecule has 0 fully saturated rings. The van der Waals surface area contributed by atoms with Gasteiger partial charge in [0.1, 0.15) is 4.90 Å². The predicted molar refractivity (Wildman–Crippen MR) is 106 cm³/mol. The van der Waals surface area contributed by atoms with Crippen LogP contribution in [-0.4, -0.2) is 31.7 Å². The normalized spacial score (nSPS) is 14.8. The Morgan fingerprint density at radius 2 is 1.89 bits per heavy atom. The molecule has 1 amide bonds. The van der Waals surface area contributed by atoms with E-state index in [1.54, 1.807) is 6.07 Å². The lowest BCUT2D eigenvalue weighted by Gasteiger charge is -2.28. The third-order valence-corrected chi connectivity index (χ3v) is 6.90. The summed E-state index contributed by atoms with van der Waals surface area (Å²) in [5.74, 6) is -0.00122. The van der Waals surface area contributed by atoms with Crippen LogP contribution in [0.4, 0.5) is 0 Å². The molecule has 2 aromatic rings. The van der Waals surface area contributed by atoms with Crippen LogP contribution < -0.4 is 5.32 Å². The lowest BCUT2D eigenvalue weighted by atomic mass is 10.0. The van der Waals surface area contributed by atoms with Gasteiger partial charge in [-0.3, -0.25) is 4.79 Å². The fourth-order valence-corrected chi connectivity index (χ4v) is 4.97. The highest BCUT2D eigenvalue weighted by Crippen LogP contribution is 2.29. The van der Waals surface area contributed by atoms with Crippen LogP contribution >= 0.6 is 11.6 Å². The molecule has 7 heteroatoms. The number of hydrogen-bond donors (Lipinski definition) is 1. The highest BCUT2D eigenvalue weighted by molar-refractivity contribution is 7.89. The van der Waals surface area contributed by atoms with Crippen molar-refractivity contribution in [2.24, 2.45) is 5.92 Å². The minimum absolute atomic E-state index is 0.0271. The molecule has 0 spiro atoms. The molecule has 0 saturated heterocycles. The van der Waals surface area contributed by atoms with Gasteiger partial charge in [-0.05, 0) is 41.7 Å². The first-order valence-corrected chi connectivity index (χ1v) is 10.8. The Morgan fingerprint density at radius 1 is 1.19 bits per heavy atom. The highest BCUT2D eigenvalue weighted by Gasteiger charge is 2.30. The van der Waals surface area contributed by atoms with Gasteiger partial charge in [0, 0.05) is 25.2 Å². The number of hydrogen-bond acceptors (Lipinski definition) is 3. The summed E-state index contributed by atoms with van der Waals surface area (Å²) >= 11 is 6.19. The van der Waals surface area contributed by atoms with Gasteiger partial charge in [-0.2, -0.15) is 4.31 Å². The second-order valence-corrected chi connectivity index (χ2v) is 9.42. The van der Waals surface area contributed by atoms with Crippen molar-refractivity contribution in [2.75, 3.05) is 13.1 Å². The Kier molecular flexibility index (Phi) is 5.89. The maximum Gasteiger partial charge on any atom is 0.251 e. The summed E-state index contributed by atoms with van der Waals surface area (Å²) in [7, 11) is -3.80. The van der Waals surface area contributed by atoms with E-state index >= 15 is 0 Å². The number of sulfonamides is 1. The minimum atomic E-state index is -3.80. The van der Waals surface area contributed by atoms with E-state index < -0.39 is 10.0 Å². The van der Waals surface area contributed by atoms with Crippen LogP contribution in [0.3, 0.4) is 0 Å². The molecule has 3 rings (SSSR count). The molecular formula is C20H23ClN2O3S. The van der Waals surface area contributed by atoms with E-state index in [0.717, 1.165) is 11.1 Å². The second-order valence-electron chi connectivity index (χ2n) is 7.11. The molecule has 2 aromatic carbocycles. The van der Waals surface area contributed by atoms with Crippen molar-refractivity contribution >= 4 is 27.5 Å². The SMILES string of the molecule is CC(C)CNC(=O)c1ccc(Cl)c(S(=O)(=O)N2CCc3ccccc3C2)c1. The van der Waals surface area contributed by atoms with Crippen LogP contribution in [0, 0.1) is 5.92 Å². The Morgan fingerprint density at radius 3 is 2.59 bits per heavy atom. The third-order valence-electron chi connectivity index (χ3n) is 4.58. The first-order chi connectivity index (χ1) is 12.8. The van der Waals surface area contributed by atoms with Gasteiger partial charge in [-0.25, -0.2) is 8.42 Å². The molecule has 0 atom stereocenters. The van der Waals surface area contributed by atoms with Gasteiger partial charge < -0.3 is 5.32 Å². The van der Waals surface area contributed by atoms with E-state index in [1.165, 1.54) is 16.4 Å². The van der Waals surface area contributed by atoms with Crippen LogP contribution in [0.5, 0.6) is 0 Å². The summed E-state index contributed by atoms with van der Waals surface area (Å²) in [5.41, 5.74) is 2.45. The van der Waals surface area contributed by atoms with E-state index in [-0.39, 0.29) is 21.4 Å². The van der Waals surface area contributed by atoms with Crippen molar-refractivity contribution < 1.29 is 13.2 Å². The number of rotatable bonds is 5. The smallest absolute Gasteiger partial charge is 0.251 e. The van der Waals surface area contributed by atoms with Crippen LogP contribution in [0.15, 0.2) is 47.4 Å². The molecule has 144 valence electrons. The lowest BCUT2D eigenvalue weighted by Crippen LogP contribution is -2.36. The number of nitrogens with one attached hydrogen (secondary N) is 1. The lowest BCUT2D eigenvalue weighted by molar-refractivity contribution is 0.0949. The first kappa shape index (κ1) is 19.9. The Hall–Kier alpha value is -1.89. The average Bonchev–Trinajstić information content (AvgIpc) is 2.65. The largest absolute Gasteiger partial charge is 0.352 e. The quantitative estimate of drug-likeness (QED) is 0.826. The number of fused-ring (bicyclic) bond motifs is 1. The molecule has 1 N–H and O–H groups in total. The molecule has 0 radical (unpaired) electrons. The summed E-state index contributed by atoms with van der Waals surface area (Å²) in [4.78, 5) is 12.3. The molecule has 1 aliphatic rings. The maximum atomic E-state index is 13.2. The van der Waals surface area contributed by atoms with Gasteiger partial charge in [-0.1, -0.05) is 49.7 Å². The number of benzene rings is 2. The zero-order valence-electron chi connectivity index (χ0n) is 15.4. The van der Waals surface area contributed by atoms with Crippen molar-refractivity contribution in [3.63, 3.8) is 0 Å². The van der Waals surface area contributed by atoms with Crippen molar-refractivity contribution in [1.29, 1.82) is 0 Å². The Bertz CT molecular complexity index is 957. The number of halogens is 1. The first-order valence-electron chi connectivity index (χ1n) is 8.93. The molecule has 0 saturated carbocycles. The van der Waals surface area contributed by atoms with Gasteiger partial charge in [0.05, 0.1) is 5.02 Å². The molecule has 1 aliphatic heterocycles. The average molecular weight is 407 g/mol. The Labute approximate surface area is 165 Å². The van der Waals surface area contributed by atoms with Gasteiger partial charge in [0.25, 0.3) is 5.91 Å². The molecule has 27 heavy (non-hydrogen) atoms. The molecule has 0 aromatic heterocycles. The summed E-state index contributed by atoms with van der Waals surface area (Å²) in [6.45, 7) is 5.20. The fourth-order valence-electron chi connectivity index (χ4n) is 3.06. The van der Waals surface area contributed by atoms with Crippen LogP contribution in [0.25, 0.3) is 0 Å². The summed E-state index contributed by atoms with van der Waals surface area (Å²) in [5, 5.41) is 2.92. The third kappa shape index (κ3) is 4.34. The van der Waals surface area contributed by atoms with Gasteiger partial charge in [0.15, 0.2) is 0 Å². The Balaban J connectivity index is 1.88. The van der Waals surface area contributed by atoms with Crippen molar-refractivity contribution in [1.82, 2.24) is 9.62 Å². The van der Waals surface area contributed by atoms with Crippen LogP contribution in [0.1, 0.15) is 35.3 Å². The van der Waals surface area contributed by atoms with E-state index in [2.05, 4.69) is 5.32 Å². The number of nitrogens with zero attached hydrogens (tertiary/aromatic N) is 1. The van der Waals surface area contributed by atoms with Crippen LogP contribution in [0.2, 0.25) is 5.02 Å². The van der Waals surface area contributed by atoms with E-state index in [0.29, 0.717) is 32.0 Å². The number of carbonyl (C=O) groups is 1.